The van der Waals surface area contributed by atoms with Gasteiger partial charge in [0, 0.05) is 6.20 Å². The Morgan fingerprint density at radius 1 is 0.821 bits per heavy atom. The van der Waals surface area contributed by atoms with Gasteiger partial charge >= 0.3 is 0 Å². The second-order valence-electron chi connectivity index (χ2n) is 5.57. The molecule has 28 heavy (non-hydrogen) atoms. The van der Waals surface area contributed by atoms with Gasteiger partial charge in [-0.3, -0.25) is 9.40 Å². The summed E-state index contributed by atoms with van der Waals surface area (Å²) in [6.45, 7) is 0.297. The number of halogens is 6. The first-order valence-electron chi connectivity index (χ1n) is 7.41. The van der Waals surface area contributed by atoms with E-state index in [2.05, 4.69) is 9.82 Å². The van der Waals surface area contributed by atoms with Crippen molar-refractivity contribution in [3.8, 4) is 0 Å². The number of sulfonamides is 1. The van der Waals surface area contributed by atoms with Gasteiger partial charge in [0.1, 0.15) is 9.92 Å². The van der Waals surface area contributed by atoms with E-state index in [-0.39, 0.29) is 30.8 Å². The predicted octanol–water partition coefficient (Wildman–Crippen LogP) is 6.65. The average molecular weight is 520 g/mol. The zero-order valence-electron chi connectivity index (χ0n) is 13.6. The highest BCUT2D eigenvalue weighted by atomic mass is 35.5. The van der Waals surface area contributed by atoms with Crippen LogP contribution in [0.5, 0.6) is 0 Å². The SMILES string of the molecule is O=S(=O)(Nc1nn(Cc2ccc(Cl)c(Cl)c2)cc1Cl)c1cc(Cl)c(Cl)cc1Cl. The molecule has 0 fully saturated rings. The molecule has 1 N–H and O–H groups in total. The normalized spacial score (nSPS) is 11.6. The van der Waals surface area contributed by atoms with E-state index in [1.54, 1.807) is 18.2 Å². The molecule has 12 heteroatoms. The number of hydrogen-bond acceptors (Lipinski definition) is 3. The Labute approximate surface area is 191 Å². The third kappa shape index (κ3) is 4.82. The van der Waals surface area contributed by atoms with Gasteiger partial charge in [-0.15, -0.1) is 0 Å². The summed E-state index contributed by atoms with van der Waals surface area (Å²) < 4.78 is 29.0. The van der Waals surface area contributed by atoms with Gasteiger partial charge in [0.05, 0.1) is 31.7 Å². The lowest BCUT2D eigenvalue weighted by atomic mass is 10.2. The zero-order valence-corrected chi connectivity index (χ0v) is 18.9. The van der Waals surface area contributed by atoms with Crippen molar-refractivity contribution < 1.29 is 8.42 Å². The molecular formula is C16H9Cl6N3O2S. The minimum Gasteiger partial charge on any atom is -0.265 e. The third-order valence-corrected chi connectivity index (χ3v) is 7.08. The number of benzene rings is 2. The van der Waals surface area contributed by atoms with Crippen molar-refractivity contribution in [2.75, 3.05) is 4.72 Å². The molecule has 5 nitrogen and oxygen atoms in total. The second-order valence-corrected chi connectivity index (χ2v) is 9.67. The number of anilines is 1. The molecule has 2 aromatic carbocycles. The molecular weight excluding hydrogens is 511 g/mol. The first-order chi connectivity index (χ1) is 13.1. The van der Waals surface area contributed by atoms with E-state index >= 15 is 0 Å². The highest BCUT2D eigenvalue weighted by Gasteiger charge is 2.22. The summed E-state index contributed by atoms with van der Waals surface area (Å²) in [4.78, 5) is -0.251. The fourth-order valence-electron chi connectivity index (χ4n) is 2.26. The summed E-state index contributed by atoms with van der Waals surface area (Å²) in [5, 5.41) is 5.16. The molecule has 1 heterocycles. The fourth-order valence-corrected chi connectivity index (χ4v) is 4.86. The largest absolute Gasteiger partial charge is 0.265 e. The monoisotopic (exact) mass is 517 g/mol. The van der Waals surface area contributed by atoms with Crippen LogP contribution in [0.2, 0.25) is 30.1 Å². The predicted molar refractivity (Wildman–Crippen MR) is 115 cm³/mol. The van der Waals surface area contributed by atoms with Crippen LogP contribution in [0.3, 0.4) is 0 Å². The van der Waals surface area contributed by atoms with Crippen LogP contribution in [0.15, 0.2) is 41.4 Å². The molecule has 0 bridgehead atoms. The van der Waals surface area contributed by atoms with Gasteiger partial charge in [0.25, 0.3) is 10.0 Å². The molecule has 0 aliphatic carbocycles. The molecule has 0 aliphatic rings. The number of nitrogens with zero attached hydrogens (tertiary/aromatic N) is 2. The van der Waals surface area contributed by atoms with Crippen LogP contribution < -0.4 is 4.72 Å². The Bertz CT molecular complexity index is 1160. The van der Waals surface area contributed by atoms with Crippen LogP contribution in [0.4, 0.5) is 5.82 Å². The highest BCUT2D eigenvalue weighted by molar-refractivity contribution is 7.92. The van der Waals surface area contributed by atoms with Crippen molar-refractivity contribution >= 4 is 85.4 Å². The molecule has 0 spiro atoms. The molecule has 0 aliphatic heterocycles. The van der Waals surface area contributed by atoms with Crippen LogP contribution in [0, 0.1) is 0 Å². The molecule has 0 saturated carbocycles. The van der Waals surface area contributed by atoms with E-state index in [4.69, 9.17) is 69.6 Å². The lowest BCUT2D eigenvalue weighted by molar-refractivity contribution is 0.600. The molecule has 0 atom stereocenters. The smallest absolute Gasteiger partial charge is 0.264 e. The maximum atomic E-state index is 12.7. The van der Waals surface area contributed by atoms with Crippen LogP contribution >= 0.6 is 69.6 Å². The summed E-state index contributed by atoms with van der Waals surface area (Å²) >= 11 is 35.7. The van der Waals surface area contributed by atoms with E-state index in [0.29, 0.717) is 16.6 Å². The van der Waals surface area contributed by atoms with Crippen molar-refractivity contribution in [3.05, 3.63) is 72.2 Å². The summed E-state index contributed by atoms with van der Waals surface area (Å²) in [6, 6.07) is 7.49. The molecule has 0 amide bonds. The topological polar surface area (TPSA) is 64.0 Å². The maximum Gasteiger partial charge on any atom is 0.264 e. The number of rotatable bonds is 5. The van der Waals surface area contributed by atoms with Crippen molar-refractivity contribution in [2.24, 2.45) is 0 Å². The van der Waals surface area contributed by atoms with Gasteiger partial charge in [-0.05, 0) is 29.8 Å². The van der Waals surface area contributed by atoms with Gasteiger partial charge in [0.15, 0.2) is 5.82 Å². The van der Waals surface area contributed by atoms with Crippen molar-refractivity contribution in [3.63, 3.8) is 0 Å². The van der Waals surface area contributed by atoms with E-state index in [0.717, 1.165) is 11.6 Å². The molecule has 1 aromatic heterocycles. The first kappa shape index (κ1) is 21.8. The molecule has 148 valence electrons. The lowest BCUT2D eigenvalue weighted by Crippen LogP contribution is -2.14. The van der Waals surface area contributed by atoms with E-state index in [9.17, 15) is 8.42 Å². The minimum absolute atomic E-state index is 0.0442. The summed E-state index contributed by atoms with van der Waals surface area (Å²) in [5.74, 6) is -0.0659. The standard InChI is InChI=1S/C16H9Cl6N3O2S/c17-9-2-1-8(3-10(9)18)6-25-7-14(22)16(23-25)24-28(26,27)15-5-12(20)11(19)4-13(15)21/h1-5,7H,6H2,(H,23,24). The summed E-state index contributed by atoms with van der Waals surface area (Å²) in [7, 11) is -4.10. The highest BCUT2D eigenvalue weighted by Crippen LogP contribution is 2.33. The first-order valence-corrected chi connectivity index (χ1v) is 11.2. The molecule has 3 rings (SSSR count). The van der Waals surface area contributed by atoms with Crippen LogP contribution in [-0.4, -0.2) is 18.2 Å². The van der Waals surface area contributed by atoms with Gasteiger partial charge < -0.3 is 0 Å². The van der Waals surface area contributed by atoms with Gasteiger partial charge in [-0.1, -0.05) is 75.7 Å². The third-order valence-electron chi connectivity index (χ3n) is 3.54. The molecule has 0 radical (unpaired) electrons. The average Bonchev–Trinajstić information content (AvgIpc) is 2.92. The van der Waals surface area contributed by atoms with Crippen LogP contribution in [0.1, 0.15) is 5.56 Å². The zero-order chi connectivity index (χ0) is 20.6. The summed E-state index contributed by atoms with van der Waals surface area (Å²) in [5.41, 5.74) is 0.801. The summed E-state index contributed by atoms with van der Waals surface area (Å²) in [6.07, 6.45) is 1.47. The van der Waals surface area contributed by atoms with Gasteiger partial charge in [0.2, 0.25) is 0 Å². The fraction of sp³-hybridized carbons (Fsp3) is 0.0625. The minimum atomic E-state index is -4.10. The number of aromatic nitrogens is 2. The van der Waals surface area contributed by atoms with E-state index < -0.39 is 10.0 Å². The Morgan fingerprint density at radius 2 is 1.46 bits per heavy atom. The Kier molecular flexibility index (Phi) is 6.61. The number of hydrogen-bond donors (Lipinski definition) is 1. The Hall–Kier alpha value is -0.860. The Balaban J connectivity index is 1.87. The van der Waals surface area contributed by atoms with Gasteiger partial charge in [-0.25, -0.2) is 8.42 Å². The lowest BCUT2D eigenvalue weighted by Gasteiger charge is -2.09. The van der Waals surface area contributed by atoms with Gasteiger partial charge in [-0.2, -0.15) is 5.10 Å². The maximum absolute atomic E-state index is 12.7. The van der Waals surface area contributed by atoms with Crippen molar-refractivity contribution in [1.29, 1.82) is 0 Å². The number of nitrogens with one attached hydrogen (secondary N) is 1. The quantitative estimate of drug-likeness (QED) is 0.384. The van der Waals surface area contributed by atoms with Crippen molar-refractivity contribution in [2.45, 2.75) is 11.4 Å². The van der Waals surface area contributed by atoms with E-state index in [1.807, 2.05) is 0 Å². The second kappa shape index (κ2) is 8.48. The van der Waals surface area contributed by atoms with Crippen LogP contribution in [-0.2, 0) is 16.6 Å². The van der Waals surface area contributed by atoms with Crippen LogP contribution in [0.25, 0.3) is 0 Å². The molecule has 0 unspecified atom stereocenters. The molecule has 3 aromatic rings. The molecule has 0 saturated heterocycles. The van der Waals surface area contributed by atoms with Crippen molar-refractivity contribution in [1.82, 2.24) is 9.78 Å². The Morgan fingerprint density at radius 3 is 2.14 bits per heavy atom. The van der Waals surface area contributed by atoms with E-state index in [1.165, 1.54) is 16.9 Å².